The maximum atomic E-state index is 11.3. The third-order valence-electron chi connectivity index (χ3n) is 2.21. The second-order valence-corrected chi connectivity index (χ2v) is 4.60. The summed E-state index contributed by atoms with van der Waals surface area (Å²) in [5, 5.41) is 3.69. The molecule has 1 N–H and O–H groups in total. The number of thiazole rings is 1. The van der Waals surface area contributed by atoms with E-state index >= 15 is 0 Å². The van der Waals surface area contributed by atoms with E-state index in [4.69, 9.17) is 4.74 Å². The van der Waals surface area contributed by atoms with E-state index in [-0.39, 0.29) is 12.5 Å². The second kappa shape index (κ2) is 5.75. The topological polar surface area (TPSA) is 51.2 Å². The first-order valence-corrected chi connectivity index (χ1v) is 6.30. The van der Waals surface area contributed by atoms with E-state index in [0.717, 1.165) is 15.2 Å². The molecule has 17 heavy (non-hydrogen) atoms. The summed E-state index contributed by atoms with van der Waals surface area (Å²) in [6, 6.07) is 7.94. The van der Waals surface area contributed by atoms with E-state index in [1.165, 1.54) is 0 Å². The van der Waals surface area contributed by atoms with Crippen LogP contribution in [0.25, 0.3) is 10.2 Å². The van der Waals surface area contributed by atoms with Gasteiger partial charge in [-0.15, -0.1) is 11.3 Å². The van der Waals surface area contributed by atoms with E-state index in [9.17, 15) is 4.79 Å². The van der Waals surface area contributed by atoms with Crippen LogP contribution >= 0.6 is 11.3 Å². The number of para-hydroxylation sites is 1. The predicted octanol–water partition coefficient (Wildman–Crippen LogP) is 1.95. The summed E-state index contributed by atoms with van der Waals surface area (Å²) in [5.74, 6) is -0.105. The molecule has 2 rings (SSSR count). The lowest BCUT2D eigenvalue weighted by molar-refractivity contribution is -0.125. The van der Waals surface area contributed by atoms with Crippen molar-refractivity contribution in [1.29, 1.82) is 0 Å². The first kappa shape index (κ1) is 12.0. The third-order valence-corrected chi connectivity index (χ3v) is 3.25. The van der Waals surface area contributed by atoms with Crippen LogP contribution in [0, 0.1) is 0 Å². The van der Waals surface area contributed by atoms with Gasteiger partial charge in [0.05, 0.1) is 16.8 Å². The Morgan fingerprint density at radius 3 is 3.06 bits per heavy atom. The van der Waals surface area contributed by atoms with E-state index in [0.29, 0.717) is 13.2 Å². The fourth-order valence-corrected chi connectivity index (χ4v) is 2.32. The summed E-state index contributed by atoms with van der Waals surface area (Å²) in [7, 11) is 0. The zero-order chi connectivity index (χ0) is 12.1. The van der Waals surface area contributed by atoms with Crippen LogP contribution in [0.1, 0.15) is 11.9 Å². The normalized spacial score (nSPS) is 10.6. The van der Waals surface area contributed by atoms with Crippen molar-refractivity contribution in [3.63, 3.8) is 0 Å². The molecule has 0 bridgehead atoms. The maximum absolute atomic E-state index is 11.3. The number of rotatable bonds is 5. The van der Waals surface area contributed by atoms with Crippen LogP contribution in [0.5, 0.6) is 0 Å². The number of nitrogens with zero attached hydrogens (tertiary/aromatic N) is 1. The highest BCUT2D eigenvalue weighted by Crippen LogP contribution is 2.21. The van der Waals surface area contributed by atoms with Crippen molar-refractivity contribution in [2.75, 3.05) is 13.2 Å². The number of fused-ring (bicyclic) bond motifs is 1. The molecule has 0 unspecified atom stereocenters. The SMILES string of the molecule is CCOCC(=O)NCc1nc2ccccc2s1. The summed E-state index contributed by atoms with van der Waals surface area (Å²) < 4.78 is 6.15. The smallest absolute Gasteiger partial charge is 0.246 e. The molecule has 0 aliphatic rings. The van der Waals surface area contributed by atoms with E-state index in [1.54, 1.807) is 11.3 Å². The molecule has 0 saturated carbocycles. The number of nitrogens with one attached hydrogen (secondary N) is 1. The van der Waals surface area contributed by atoms with Crippen LogP contribution in [0.3, 0.4) is 0 Å². The minimum atomic E-state index is -0.105. The number of hydrogen-bond donors (Lipinski definition) is 1. The number of ether oxygens (including phenoxy) is 1. The Hall–Kier alpha value is -1.46. The zero-order valence-corrected chi connectivity index (χ0v) is 10.4. The molecule has 2 aromatic rings. The average Bonchev–Trinajstić information content (AvgIpc) is 2.76. The van der Waals surface area contributed by atoms with Gasteiger partial charge < -0.3 is 10.1 Å². The summed E-state index contributed by atoms with van der Waals surface area (Å²) in [4.78, 5) is 15.8. The molecule has 1 aromatic heterocycles. The second-order valence-electron chi connectivity index (χ2n) is 3.49. The van der Waals surface area contributed by atoms with Crippen LogP contribution in [0.2, 0.25) is 0 Å². The Morgan fingerprint density at radius 2 is 2.29 bits per heavy atom. The summed E-state index contributed by atoms with van der Waals surface area (Å²) in [6.45, 7) is 2.99. The van der Waals surface area contributed by atoms with Gasteiger partial charge in [0.25, 0.3) is 0 Å². The highest BCUT2D eigenvalue weighted by Gasteiger charge is 2.05. The molecular weight excluding hydrogens is 236 g/mol. The summed E-state index contributed by atoms with van der Waals surface area (Å²) in [6.07, 6.45) is 0. The van der Waals surface area contributed by atoms with Gasteiger partial charge in [0.15, 0.2) is 0 Å². The lowest BCUT2D eigenvalue weighted by Crippen LogP contribution is -2.26. The average molecular weight is 250 g/mol. The van der Waals surface area contributed by atoms with Gasteiger partial charge in [0, 0.05) is 6.61 Å². The highest BCUT2D eigenvalue weighted by atomic mass is 32.1. The van der Waals surface area contributed by atoms with Gasteiger partial charge in [0.1, 0.15) is 11.6 Å². The van der Waals surface area contributed by atoms with Crippen molar-refractivity contribution < 1.29 is 9.53 Å². The molecule has 1 amide bonds. The monoisotopic (exact) mass is 250 g/mol. The largest absolute Gasteiger partial charge is 0.372 e. The molecule has 90 valence electrons. The van der Waals surface area contributed by atoms with E-state index in [2.05, 4.69) is 10.3 Å². The van der Waals surface area contributed by atoms with Crippen LogP contribution < -0.4 is 5.32 Å². The maximum Gasteiger partial charge on any atom is 0.246 e. The molecule has 0 spiro atoms. The van der Waals surface area contributed by atoms with Crippen molar-refractivity contribution in [2.45, 2.75) is 13.5 Å². The van der Waals surface area contributed by atoms with Gasteiger partial charge in [-0.1, -0.05) is 12.1 Å². The van der Waals surface area contributed by atoms with Crippen LogP contribution in [-0.2, 0) is 16.1 Å². The summed E-state index contributed by atoms with van der Waals surface area (Å²) >= 11 is 1.60. The zero-order valence-electron chi connectivity index (χ0n) is 9.60. The van der Waals surface area contributed by atoms with Crippen LogP contribution in [0.4, 0.5) is 0 Å². The quantitative estimate of drug-likeness (QED) is 0.882. The minimum absolute atomic E-state index is 0.105. The number of benzene rings is 1. The fourth-order valence-electron chi connectivity index (χ4n) is 1.42. The fraction of sp³-hybridized carbons (Fsp3) is 0.333. The Morgan fingerprint density at radius 1 is 1.47 bits per heavy atom. The minimum Gasteiger partial charge on any atom is -0.372 e. The molecule has 0 radical (unpaired) electrons. The Balaban J connectivity index is 1.92. The number of amides is 1. The van der Waals surface area contributed by atoms with Gasteiger partial charge in [0.2, 0.25) is 5.91 Å². The number of carbonyl (C=O) groups is 1. The molecule has 1 aromatic carbocycles. The molecule has 4 nitrogen and oxygen atoms in total. The molecule has 0 saturated heterocycles. The van der Waals surface area contributed by atoms with Crippen molar-refractivity contribution in [1.82, 2.24) is 10.3 Å². The molecule has 1 heterocycles. The van der Waals surface area contributed by atoms with Crippen molar-refractivity contribution in [2.24, 2.45) is 0 Å². The molecular formula is C12H14N2O2S. The first-order chi connectivity index (χ1) is 8.29. The summed E-state index contributed by atoms with van der Waals surface area (Å²) in [5.41, 5.74) is 0.978. The van der Waals surface area contributed by atoms with Gasteiger partial charge in [-0.05, 0) is 19.1 Å². The lowest BCUT2D eigenvalue weighted by atomic mass is 10.3. The van der Waals surface area contributed by atoms with Crippen molar-refractivity contribution >= 4 is 27.5 Å². The molecule has 5 heteroatoms. The molecule has 0 aliphatic carbocycles. The van der Waals surface area contributed by atoms with Gasteiger partial charge in [-0.25, -0.2) is 4.98 Å². The van der Waals surface area contributed by atoms with Crippen molar-refractivity contribution in [3.8, 4) is 0 Å². The Bertz CT molecular complexity index is 477. The first-order valence-electron chi connectivity index (χ1n) is 5.48. The highest BCUT2D eigenvalue weighted by molar-refractivity contribution is 7.18. The van der Waals surface area contributed by atoms with Gasteiger partial charge in [-0.2, -0.15) is 0 Å². The van der Waals surface area contributed by atoms with E-state index < -0.39 is 0 Å². The lowest BCUT2D eigenvalue weighted by Gasteiger charge is -2.02. The standard InChI is InChI=1S/C12H14N2O2S/c1-2-16-8-11(15)13-7-12-14-9-5-3-4-6-10(9)17-12/h3-6H,2,7-8H2,1H3,(H,13,15). The van der Waals surface area contributed by atoms with Gasteiger partial charge in [-0.3, -0.25) is 4.79 Å². The molecule has 0 aliphatic heterocycles. The van der Waals surface area contributed by atoms with Gasteiger partial charge >= 0.3 is 0 Å². The molecule has 0 fully saturated rings. The predicted molar refractivity (Wildman–Crippen MR) is 68.0 cm³/mol. The van der Waals surface area contributed by atoms with E-state index in [1.807, 2.05) is 31.2 Å². The van der Waals surface area contributed by atoms with Crippen LogP contribution in [-0.4, -0.2) is 24.1 Å². The Kier molecular flexibility index (Phi) is 4.06. The number of hydrogen-bond acceptors (Lipinski definition) is 4. The third kappa shape index (κ3) is 3.25. The molecule has 0 atom stereocenters. The van der Waals surface area contributed by atoms with Crippen molar-refractivity contribution in [3.05, 3.63) is 29.3 Å². The number of aromatic nitrogens is 1. The Labute approximate surface area is 104 Å². The number of carbonyl (C=O) groups excluding carboxylic acids is 1. The van der Waals surface area contributed by atoms with Crippen LogP contribution in [0.15, 0.2) is 24.3 Å².